The van der Waals surface area contributed by atoms with Crippen LogP contribution in [0.1, 0.15) is 30.0 Å². The number of pyridine rings is 2. The second kappa shape index (κ2) is 7.08. The predicted molar refractivity (Wildman–Crippen MR) is 128 cm³/mol. The zero-order valence-corrected chi connectivity index (χ0v) is 19.2. The fraction of sp³-hybridized carbons (Fsp3) is 0.222. The van der Waals surface area contributed by atoms with Crippen molar-refractivity contribution in [3.05, 3.63) is 69.5 Å². The van der Waals surface area contributed by atoms with E-state index in [2.05, 4.69) is 0 Å². The van der Waals surface area contributed by atoms with Crippen LogP contribution in [0.15, 0.2) is 47.3 Å². The smallest absolute Gasteiger partial charge is 0.343 e. The molecule has 0 radical (unpaired) electrons. The minimum Gasteiger partial charge on any atom is -0.508 e. The van der Waals surface area contributed by atoms with Crippen LogP contribution in [0.3, 0.4) is 0 Å². The van der Waals surface area contributed by atoms with E-state index in [0.717, 1.165) is 22.1 Å². The van der Waals surface area contributed by atoms with Crippen molar-refractivity contribution in [2.24, 2.45) is 0 Å². The molecule has 0 saturated heterocycles. The molecule has 0 fully saturated rings. The summed E-state index contributed by atoms with van der Waals surface area (Å²) in [4.78, 5) is 31.0. The molecule has 0 aliphatic carbocycles. The van der Waals surface area contributed by atoms with Gasteiger partial charge in [0, 0.05) is 22.6 Å². The SMILES string of the molecule is CC[C@@]1(O)C(=O)OCc2c1cc1n(c2=O)Cc2c-1nc1cc3c(cc1c2-c1cccc(O)c1)OCO3. The summed E-state index contributed by atoms with van der Waals surface area (Å²) in [5.74, 6) is 0.511. The zero-order valence-electron chi connectivity index (χ0n) is 19.2. The number of benzene rings is 2. The average Bonchev–Trinajstić information content (AvgIpc) is 3.48. The molecule has 9 heteroatoms. The first-order valence-corrected chi connectivity index (χ1v) is 11.6. The van der Waals surface area contributed by atoms with Crippen LogP contribution in [-0.4, -0.2) is 32.5 Å². The molecule has 2 N–H and O–H groups in total. The Morgan fingerprint density at radius 1 is 1.06 bits per heavy atom. The Bertz CT molecular complexity index is 1710. The van der Waals surface area contributed by atoms with Gasteiger partial charge in [-0.2, -0.15) is 0 Å². The van der Waals surface area contributed by atoms with Gasteiger partial charge in [0.2, 0.25) is 6.79 Å². The predicted octanol–water partition coefficient (Wildman–Crippen LogP) is 3.18. The molecule has 3 aliphatic heterocycles. The van der Waals surface area contributed by atoms with Crippen LogP contribution in [0.25, 0.3) is 33.4 Å². The number of fused-ring (bicyclic) bond motifs is 6. The van der Waals surface area contributed by atoms with Crippen molar-refractivity contribution in [3.63, 3.8) is 0 Å². The number of hydrogen-bond acceptors (Lipinski definition) is 8. The summed E-state index contributed by atoms with van der Waals surface area (Å²) < 4.78 is 17.9. The molecule has 4 aromatic rings. The van der Waals surface area contributed by atoms with Gasteiger partial charge >= 0.3 is 5.97 Å². The van der Waals surface area contributed by atoms with Crippen molar-refractivity contribution >= 4 is 16.9 Å². The minimum absolute atomic E-state index is 0.0672. The molecule has 9 nitrogen and oxygen atoms in total. The van der Waals surface area contributed by atoms with E-state index in [0.29, 0.717) is 28.4 Å². The number of carbonyl (C=O) groups is 1. The van der Waals surface area contributed by atoms with Crippen molar-refractivity contribution in [3.8, 4) is 39.8 Å². The maximum absolute atomic E-state index is 13.6. The Morgan fingerprint density at radius 3 is 2.64 bits per heavy atom. The van der Waals surface area contributed by atoms with Crippen LogP contribution in [0, 0.1) is 0 Å². The maximum Gasteiger partial charge on any atom is 0.343 e. The number of aromatic hydroxyl groups is 1. The number of carbonyl (C=O) groups excluding carboxylic acids is 1. The van der Waals surface area contributed by atoms with Gasteiger partial charge in [0.25, 0.3) is 5.56 Å². The standard InChI is InChI=1S/C27H20N2O7/c1-2-27(33)18-8-20-24-16(10-29(20)25(31)17(18)11-34-26(27)32)23(13-4-3-5-14(30)6-13)15-7-21-22(36-12-35-21)9-19(15)28-24/h3-9,30,33H,2,10-12H2,1H3/t27-/m0/s1. The van der Waals surface area contributed by atoms with E-state index in [1.807, 2.05) is 12.1 Å². The molecule has 2 aromatic carbocycles. The van der Waals surface area contributed by atoms with Gasteiger partial charge in [0.1, 0.15) is 12.4 Å². The van der Waals surface area contributed by atoms with Crippen molar-refractivity contribution in [2.45, 2.75) is 32.1 Å². The average molecular weight is 484 g/mol. The van der Waals surface area contributed by atoms with E-state index in [-0.39, 0.29) is 48.8 Å². The van der Waals surface area contributed by atoms with Crippen molar-refractivity contribution in [1.82, 2.24) is 9.55 Å². The molecule has 5 heterocycles. The van der Waals surface area contributed by atoms with E-state index in [1.54, 1.807) is 41.8 Å². The Kier molecular flexibility index (Phi) is 4.12. The summed E-state index contributed by atoms with van der Waals surface area (Å²) in [7, 11) is 0. The first kappa shape index (κ1) is 21.0. The number of aliphatic hydroxyl groups is 1. The summed E-state index contributed by atoms with van der Waals surface area (Å²) in [6.07, 6.45) is 0.0672. The molecule has 3 aliphatic rings. The molecule has 0 amide bonds. The van der Waals surface area contributed by atoms with E-state index in [4.69, 9.17) is 19.2 Å². The third-order valence-corrected chi connectivity index (χ3v) is 7.32. The number of ether oxygens (including phenoxy) is 3. The molecule has 0 spiro atoms. The number of esters is 1. The second-order valence-electron chi connectivity index (χ2n) is 9.19. The van der Waals surface area contributed by atoms with Gasteiger partial charge in [0.05, 0.1) is 29.0 Å². The third kappa shape index (κ3) is 2.66. The molecule has 180 valence electrons. The Balaban J connectivity index is 1.57. The van der Waals surface area contributed by atoms with Crippen LogP contribution in [-0.2, 0) is 28.3 Å². The summed E-state index contributed by atoms with van der Waals surface area (Å²) >= 11 is 0. The molecule has 0 bridgehead atoms. The number of cyclic esters (lactones) is 1. The Hall–Kier alpha value is -4.37. The largest absolute Gasteiger partial charge is 0.508 e. The van der Waals surface area contributed by atoms with Crippen molar-refractivity contribution in [1.29, 1.82) is 0 Å². The van der Waals surface area contributed by atoms with Crippen LogP contribution in [0.5, 0.6) is 17.2 Å². The lowest BCUT2D eigenvalue weighted by molar-refractivity contribution is -0.172. The number of hydrogen-bond donors (Lipinski definition) is 2. The van der Waals surface area contributed by atoms with E-state index in [9.17, 15) is 19.8 Å². The highest BCUT2D eigenvalue weighted by Gasteiger charge is 2.45. The number of phenols is 1. The third-order valence-electron chi connectivity index (χ3n) is 7.32. The van der Waals surface area contributed by atoms with Crippen LogP contribution in [0.4, 0.5) is 0 Å². The van der Waals surface area contributed by atoms with E-state index in [1.165, 1.54) is 0 Å². The monoisotopic (exact) mass is 484 g/mol. The highest BCUT2D eigenvalue weighted by atomic mass is 16.7. The molecular formula is C27H20N2O7. The topological polar surface area (TPSA) is 120 Å². The molecular weight excluding hydrogens is 464 g/mol. The molecule has 0 unspecified atom stereocenters. The second-order valence-corrected chi connectivity index (χ2v) is 9.19. The summed E-state index contributed by atoms with van der Waals surface area (Å²) in [5, 5.41) is 22.2. The summed E-state index contributed by atoms with van der Waals surface area (Å²) in [6.45, 7) is 1.83. The van der Waals surface area contributed by atoms with Gasteiger partial charge in [-0.05, 0) is 41.8 Å². The summed E-state index contributed by atoms with van der Waals surface area (Å²) in [5.41, 5.74) is 2.35. The highest BCUT2D eigenvalue weighted by molar-refractivity contribution is 6.01. The quantitative estimate of drug-likeness (QED) is 0.367. The van der Waals surface area contributed by atoms with Crippen LogP contribution >= 0.6 is 0 Å². The van der Waals surface area contributed by atoms with Gasteiger partial charge in [-0.1, -0.05) is 19.1 Å². The molecule has 1 atom stereocenters. The molecule has 7 rings (SSSR count). The fourth-order valence-electron chi connectivity index (χ4n) is 5.46. The van der Waals surface area contributed by atoms with E-state index < -0.39 is 11.6 Å². The van der Waals surface area contributed by atoms with E-state index >= 15 is 0 Å². The van der Waals surface area contributed by atoms with Gasteiger partial charge < -0.3 is 29.0 Å². The fourth-order valence-corrected chi connectivity index (χ4v) is 5.46. The van der Waals surface area contributed by atoms with Crippen LogP contribution in [0.2, 0.25) is 0 Å². The maximum atomic E-state index is 13.6. The lowest BCUT2D eigenvalue weighted by Crippen LogP contribution is -2.44. The van der Waals surface area contributed by atoms with Gasteiger partial charge in [-0.3, -0.25) is 4.79 Å². The molecule has 2 aromatic heterocycles. The number of rotatable bonds is 2. The Labute approximate surface area is 204 Å². The van der Waals surface area contributed by atoms with Crippen LogP contribution < -0.4 is 15.0 Å². The number of phenolic OH excluding ortho intramolecular Hbond substituents is 1. The zero-order chi connectivity index (χ0) is 24.8. The van der Waals surface area contributed by atoms with Gasteiger partial charge in [-0.25, -0.2) is 9.78 Å². The van der Waals surface area contributed by atoms with Gasteiger partial charge in [0.15, 0.2) is 17.1 Å². The van der Waals surface area contributed by atoms with Crippen molar-refractivity contribution < 1.29 is 29.2 Å². The highest BCUT2D eigenvalue weighted by Crippen LogP contribution is 2.46. The lowest BCUT2D eigenvalue weighted by Gasteiger charge is -2.31. The minimum atomic E-state index is -1.90. The summed E-state index contributed by atoms with van der Waals surface area (Å²) in [6, 6.07) is 12.2. The number of nitrogens with zero attached hydrogens (tertiary/aromatic N) is 2. The number of aromatic nitrogens is 2. The van der Waals surface area contributed by atoms with Gasteiger partial charge in [-0.15, -0.1) is 0 Å². The Morgan fingerprint density at radius 2 is 1.86 bits per heavy atom. The lowest BCUT2D eigenvalue weighted by atomic mass is 9.86. The van der Waals surface area contributed by atoms with Crippen molar-refractivity contribution in [2.75, 3.05) is 6.79 Å². The first-order valence-electron chi connectivity index (χ1n) is 11.6. The molecule has 36 heavy (non-hydrogen) atoms. The molecule has 0 saturated carbocycles. The normalized spacial score (nSPS) is 19.1. The first-order chi connectivity index (χ1) is 17.4.